The molecule has 1 atom stereocenters. The lowest BCUT2D eigenvalue weighted by atomic mass is 9.99. The zero-order chi connectivity index (χ0) is 23.7. The Hall–Kier alpha value is -4.33. The number of benzene rings is 3. The topological polar surface area (TPSA) is 75.9 Å². The molecule has 2 heterocycles. The van der Waals surface area contributed by atoms with Gasteiger partial charge in [-0.3, -0.25) is 9.69 Å². The molecule has 34 heavy (non-hydrogen) atoms. The summed E-state index contributed by atoms with van der Waals surface area (Å²) in [7, 11) is 0. The predicted octanol–water partition coefficient (Wildman–Crippen LogP) is 4.52. The number of rotatable bonds is 5. The maximum absolute atomic E-state index is 13.6. The quantitative estimate of drug-likeness (QED) is 0.480. The number of carbonyl (C=O) groups excluding carboxylic acids is 1. The summed E-state index contributed by atoms with van der Waals surface area (Å²) < 4.78 is 15.3. The number of nitrogens with one attached hydrogen (secondary N) is 1. The minimum atomic E-state index is -0.416. The van der Waals surface area contributed by atoms with E-state index in [1.165, 1.54) is 12.1 Å². The van der Waals surface area contributed by atoms with E-state index >= 15 is 0 Å². The van der Waals surface area contributed by atoms with Gasteiger partial charge < -0.3 is 5.32 Å². The molecule has 1 N–H and O–H groups in total. The lowest BCUT2D eigenvalue weighted by Crippen LogP contribution is -2.37. The van der Waals surface area contributed by atoms with Crippen LogP contribution in [0, 0.1) is 19.7 Å². The molecule has 1 aromatic heterocycles. The number of hydrogen-bond donors (Lipinski definition) is 1. The monoisotopic (exact) mass is 454 g/mol. The Bertz CT molecular complexity index is 1360. The van der Waals surface area contributed by atoms with E-state index in [0.29, 0.717) is 11.6 Å². The SMILES string of the molecule is Cc1ccc(C2=C[C@@H](c3ccc(C)cc3)n3nnnc3N2CC(=O)Nc2cccc(F)c2)cc1. The highest BCUT2D eigenvalue weighted by molar-refractivity contribution is 5.97. The Morgan fingerprint density at radius 3 is 2.41 bits per heavy atom. The summed E-state index contributed by atoms with van der Waals surface area (Å²) >= 11 is 0. The molecule has 1 aliphatic rings. The highest BCUT2D eigenvalue weighted by atomic mass is 19.1. The van der Waals surface area contributed by atoms with E-state index in [9.17, 15) is 9.18 Å². The molecule has 170 valence electrons. The Kier molecular flexibility index (Phi) is 5.63. The molecule has 0 saturated carbocycles. The van der Waals surface area contributed by atoms with E-state index in [-0.39, 0.29) is 18.5 Å². The zero-order valence-corrected chi connectivity index (χ0v) is 18.8. The van der Waals surface area contributed by atoms with E-state index in [4.69, 9.17) is 0 Å². The van der Waals surface area contributed by atoms with Gasteiger partial charge in [0.15, 0.2) is 0 Å². The summed E-state index contributed by atoms with van der Waals surface area (Å²) in [5.41, 5.74) is 5.48. The number of hydrogen-bond acceptors (Lipinski definition) is 5. The number of aryl methyl sites for hydroxylation is 2. The molecule has 0 unspecified atom stereocenters. The number of aromatic nitrogens is 4. The van der Waals surface area contributed by atoms with Gasteiger partial charge in [-0.2, -0.15) is 4.68 Å². The van der Waals surface area contributed by atoms with E-state index in [1.54, 1.807) is 21.7 Å². The number of carbonyl (C=O) groups is 1. The third kappa shape index (κ3) is 4.30. The second kappa shape index (κ2) is 8.90. The molecule has 0 fully saturated rings. The number of allylic oxidation sites excluding steroid dienone is 1. The summed E-state index contributed by atoms with van der Waals surface area (Å²) in [6.07, 6.45) is 2.06. The molecule has 1 amide bonds. The van der Waals surface area contributed by atoms with E-state index in [2.05, 4.69) is 51.2 Å². The van der Waals surface area contributed by atoms with Crippen molar-refractivity contribution in [2.45, 2.75) is 19.9 Å². The van der Waals surface area contributed by atoms with Crippen LogP contribution in [0.2, 0.25) is 0 Å². The Morgan fingerprint density at radius 2 is 1.71 bits per heavy atom. The number of nitrogens with zero attached hydrogens (tertiary/aromatic N) is 5. The van der Waals surface area contributed by atoms with Gasteiger partial charge in [0.2, 0.25) is 5.91 Å². The molecule has 3 aromatic carbocycles. The van der Waals surface area contributed by atoms with Crippen molar-refractivity contribution in [3.05, 3.63) is 107 Å². The van der Waals surface area contributed by atoms with Crippen molar-refractivity contribution in [1.29, 1.82) is 0 Å². The summed E-state index contributed by atoms with van der Waals surface area (Å²) in [4.78, 5) is 14.7. The van der Waals surface area contributed by atoms with Crippen molar-refractivity contribution in [2.24, 2.45) is 0 Å². The summed E-state index contributed by atoms with van der Waals surface area (Å²) in [5, 5.41) is 15.1. The standard InChI is InChI=1S/C26H23FN6O/c1-17-6-10-19(11-7-17)23-15-24(20-12-8-18(2)9-13-20)33-26(29-30-31-33)32(23)16-25(34)28-22-5-3-4-21(27)14-22/h3-15,24H,16H2,1-2H3,(H,28,34)/t24-/m0/s1. The Morgan fingerprint density at radius 1 is 1.00 bits per heavy atom. The van der Waals surface area contributed by atoms with E-state index in [0.717, 1.165) is 28.0 Å². The molecule has 0 saturated heterocycles. The molecular formula is C26H23FN6O. The fraction of sp³-hybridized carbons (Fsp3) is 0.154. The first-order valence-corrected chi connectivity index (χ1v) is 10.9. The third-order valence-electron chi connectivity index (χ3n) is 5.76. The van der Waals surface area contributed by atoms with E-state index < -0.39 is 5.82 Å². The number of anilines is 2. The lowest BCUT2D eigenvalue weighted by Gasteiger charge is -2.32. The average molecular weight is 455 g/mol. The van der Waals surface area contributed by atoms with Crippen molar-refractivity contribution in [2.75, 3.05) is 16.8 Å². The molecule has 0 aliphatic carbocycles. The molecule has 0 bridgehead atoms. The minimum Gasteiger partial charge on any atom is -0.324 e. The van der Waals surface area contributed by atoms with Crippen LogP contribution in [0.3, 0.4) is 0 Å². The van der Waals surface area contributed by atoms with Crippen molar-refractivity contribution >= 4 is 23.2 Å². The number of tetrazole rings is 1. The first-order chi connectivity index (χ1) is 16.5. The van der Waals surface area contributed by atoms with Crippen molar-refractivity contribution in [3.63, 3.8) is 0 Å². The van der Waals surface area contributed by atoms with Gasteiger partial charge in [-0.15, -0.1) is 0 Å². The van der Waals surface area contributed by atoms with Crippen LogP contribution in [-0.4, -0.2) is 32.7 Å². The molecule has 8 heteroatoms. The van der Waals surface area contributed by atoms with Crippen LogP contribution in [0.4, 0.5) is 16.0 Å². The van der Waals surface area contributed by atoms with Crippen LogP contribution in [0.1, 0.15) is 28.3 Å². The fourth-order valence-corrected chi connectivity index (χ4v) is 4.01. The summed E-state index contributed by atoms with van der Waals surface area (Å²) in [6, 6.07) is 21.9. The molecule has 1 aliphatic heterocycles. The van der Waals surface area contributed by atoms with Crippen LogP contribution < -0.4 is 10.2 Å². The molecule has 5 rings (SSSR count). The smallest absolute Gasteiger partial charge is 0.251 e. The largest absolute Gasteiger partial charge is 0.324 e. The first kappa shape index (κ1) is 21.5. The average Bonchev–Trinajstić information content (AvgIpc) is 3.31. The summed E-state index contributed by atoms with van der Waals surface area (Å²) in [5.74, 6) is -0.272. The first-order valence-electron chi connectivity index (χ1n) is 10.9. The van der Waals surface area contributed by atoms with Crippen molar-refractivity contribution in [3.8, 4) is 0 Å². The summed E-state index contributed by atoms with van der Waals surface area (Å²) in [6.45, 7) is 4.02. The number of halogens is 1. The highest BCUT2D eigenvalue weighted by Crippen LogP contribution is 2.36. The third-order valence-corrected chi connectivity index (χ3v) is 5.76. The zero-order valence-electron chi connectivity index (χ0n) is 18.8. The van der Waals surface area contributed by atoms with Gasteiger partial charge in [0.1, 0.15) is 18.4 Å². The number of amides is 1. The van der Waals surface area contributed by atoms with Gasteiger partial charge in [0, 0.05) is 5.69 Å². The van der Waals surface area contributed by atoms with E-state index in [1.807, 2.05) is 38.1 Å². The Balaban J connectivity index is 1.54. The van der Waals surface area contributed by atoms with Gasteiger partial charge in [-0.1, -0.05) is 70.8 Å². The maximum Gasteiger partial charge on any atom is 0.251 e. The lowest BCUT2D eigenvalue weighted by molar-refractivity contribution is -0.114. The fourth-order valence-electron chi connectivity index (χ4n) is 4.01. The van der Waals surface area contributed by atoms with Gasteiger partial charge in [-0.05, 0) is 59.7 Å². The van der Waals surface area contributed by atoms with Crippen molar-refractivity contribution in [1.82, 2.24) is 20.2 Å². The normalized spacial score (nSPS) is 15.0. The van der Waals surface area contributed by atoms with Crippen LogP contribution in [0.15, 0.2) is 78.9 Å². The maximum atomic E-state index is 13.6. The van der Waals surface area contributed by atoms with Crippen LogP contribution >= 0.6 is 0 Å². The van der Waals surface area contributed by atoms with Crippen LogP contribution in [-0.2, 0) is 4.79 Å². The second-order valence-electron chi connectivity index (χ2n) is 8.34. The highest BCUT2D eigenvalue weighted by Gasteiger charge is 2.32. The second-order valence-corrected chi connectivity index (χ2v) is 8.34. The molecular weight excluding hydrogens is 431 g/mol. The number of fused-ring (bicyclic) bond motifs is 1. The Labute approximate surface area is 196 Å². The molecule has 0 radical (unpaired) electrons. The van der Waals surface area contributed by atoms with Crippen LogP contribution in [0.5, 0.6) is 0 Å². The molecule has 4 aromatic rings. The van der Waals surface area contributed by atoms with Crippen LogP contribution in [0.25, 0.3) is 5.70 Å². The minimum absolute atomic E-state index is 0.0444. The van der Waals surface area contributed by atoms with Gasteiger partial charge in [0.25, 0.3) is 5.95 Å². The van der Waals surface area contributed by atoms with Gasteiger partial charge in [0.05, 0.1) is 5.70 Å². The predicted molar refractivity (Wildman–Crippen MR) is 129 cm³/mol. The molecule has 0 spiro atoms. The van der Waals surface area contributed by atoms with Gasteiger partial charge >= 0.3 is 0 Å². The van der Waals surface area contributed by atoms with Crippen molar-refractivity contribution < 1.29 is 9.18 Å². The molecule has 7 nitrogen and oxygen atoms in total. The van der Waals surface area contributed by atoms with Gasteiger partial charge in [-0.25, -0.2) is 4.39 Å².